The fourth-order valence-corrected chi connectivity index (χ4v) is 0.958. The second-order valence-corrected chi connectivity index (χ2v) is 3.11. The highest BCUT2D eigenvalue weighted by Crippen LogP contribution is 1.96. The third-order valence-electron chi connectivity index (χ3n) is 1.61. The summed E-state index contributed by atoms with van der Waals surface area (Å²) < 4.78 is 0. The fourth-order valence-electron chi connectivity index (χ4n) is 0.849. The molecule has 0 aromatic carbocycles. The Bertz CT molecular complexity index is 213. The van der Waals surface area contributed by atoms with E-state index in [1.165, 1.54) is 5.56 Å². The van der Waals surface area contributed by atoms with Crippen molar-refractivity contribution in [3.8, 4) is 0 Å². The van der Waals surface area contributed by atoms with Gasteiger partial charge in [0, 0.05) is 30.9 Å². The molecule has 12 heavy (non-hydrogen) atoms. The van der Waals surface area contributed by atoms with Crippen molar-refractivity contribution < 1.29 is 0 Å². The first-order valence-corrected chi connectivity index (χ1v) is 4.54. The number of alkyl halides is 1. The SMILES string of the molecule is CC(CCl)NCc1cccnc1. The van der Waals surface area contributed by atoms with Crippen LogP contribution < -0.4 is 5.32 Å². The summed E-state index contributed by atoms with van der Waals surface area (Å²) >= 11 is 5.64. The first kappa shape index (κ1) is 9.49. The predicted molar refractivity (Wildman–Crippen MR) is 51.3 cm³/mol. The van der Waals surface area contributed by atoms with Crippen LogP contribution >= 0.6 is 11.6 Å². The molecule has 0 radical (unpaired) electrons. The van der Waals surface area contributed by atoms with Gasteiger partial charge in [0.25, 0.3) is 0 Å². The van der Waals surface area contributed by atoms with Gasteiger partial charge in [0.1, 0.15) is 0 Å². The average Bonchev–Trinajstić information content (AvgIpc) is 2.16. The van der Waals surface area contributed by atoms with Gasteiger partial charge in [0.2, 0.25) is 0 Å². The maximum Gasteiger partial charge on any atom is 0.0374 e. The molecule has 0 aliphatic carbocycles. The number of hydrogen-bond acceptors (Lipinski definition) is 2. The number of rotatable bonds is 4. The Kier molecular flexibility index (Phi) is 4.05. The van der Waals surface area contributed by atoms with Gasteiger partial charge in [-0.2, -0.15) is 0 Å². The monoisotopic (exact) mass is 184 g/mol. The summed E-state index contributed by atoms with van der Waals surface area (Å²) in [6.07, 6.45) is 3.63. The Morgan fingerprint density at radius 2 is 2.50 bits per heavy atom. The summed E-state index contributed by atoms with van der Waals surface area (Å²) in [6.45, 7) is 2.89. The standard InChI is InChI=1S/C9H13ClN2/c1-8(5-10)12-7-9-3-2-4-11-6-9/h2-4,6,8,12H,5,7H2,1H3. The average molecular weight is 185 g/mol. The van der Waals surface area contributed by atoms with Gasteiger partial charge < -0.3 is 5.32 Å². The van der Waals surface area contributed by atoms with Crippen LogP contribution in [0, 0.1) is 0 Å². The van der Waals surface area contributed by atoms with Crippen molar-refractivity contribution in [2.75, 3.05) is 5.88 Å². The minimum atomic E-state index is 0.354. The predicted octanol–water partition coefficient (Wildman–Crippen LogP) is 1.80. The van der Waals surface area contributed by atoms with E-state index >= 15 is 0 Å². The molecule has 0 aliphatic heterocycles. The number of aromatic nitrogens is 1. The lowest BCUT2D eigenvalue weighted by molar-refractivity contribution is 0.592. The molecular formula is C9H13ClN2. The first-order valence-electron chi connectivity index (χ1n) is 4.01. The molecule has 0 amide bonds. The Morgan fingerprint density at radius 3 is 3.08 bits per heavy atom. The van der Waals surface area contributed by atoms with Crippen LogP contribution in [-0.2, 0) is 6.54 Å². The minimum Gasteiger partial charge on any atom is -0.309 e. The molecule has 0 aliphatic rings. The van der Waals surface area contributed by atoms with Crippen molar-refractivity contribution >= 4 is 11.6 Å². The largest absolute Gasteiger partial charge is 0.309 e. The molecule has 1 N–H and O–H groups in total. The first-order chi connectivity index (χ1) is 5.83. The van der Waals surface area contributed by atoms with Crippen LogP contribution in [-0.4, -0.2) is 16.9 Å². The third kappa shape index (κ3) is 3.20. The van der Waals surface area contributed by atoms with Crippen LogP contribution in [0.1, 0.15) is 12.5 Å². The lowest BCUT2D eigenvalue weighted by Gasteiger charge is -2.09. The third-order valence-corrected chi connectivity index (χ3v) is 2.07. The van der Waals surface area contributed by atoms with Crippen molar-refractivity contribution in [3.63, 3.8) is 0 Å². The van der Waals surface area contributed by atoms with E-state index in [2.05, 4.69) is 17.2 Å². The van der Waals surface area contributed by atoms with Gasteiger partial charge >= 0.3 is 0 Å². The Morgan fingerprint density at radius 1 is 1.67 bits per heavy atom. The molecule has 1 rings (SSSR count). The number of pyridine rings is 1. The maximum absolute atomic E-state index is 5.64. The summed E-state index contributed by atoms with van der Waals surface area (Å²) in [4.78, 5) is 4.02. The molecular weight excluding hydrogens is 172 g/mol. The lowest BCUT2D eigenvalue weighted by atomic mass is 10.2. The molecule has 0 saturated carbocycles. The van der Waals surface area contributed by atoms with E-state index in [0.29, 0.717) is 11.9 Å². The van der Waals surface area contributed by atoms with E-state index < -0.39 is 0 Å². The quantitative estimate of drug-likeness (QED) is 0.722. The minimum absolute atomic E-state index is 0.354. The smallest absolute Gasteiger partial charge is 0.0374 e. The number of nitrogens with one attached hydrogen (secondary N) is 1. The summed E-state index contributed by atoms with van der Waals surface area (Å²) in [6, 6.07) is 4.33. The molecule has 2 nitrogen and oxygen atoms in total. The maximum atomic E-state index is 5.64. The normalized spacial score (nSPS) is 12.8. The van der Waals surface area contributed by atoms with E-state index in [0.717, 1.165) is 6.54 Å². The second-order valence-electron chi connectivity index (χ2n) is 2.80. The molecule has 1 aromatic heterocycles. The van der Waals surface area contributed by atoms with E-state index in [9.17, 15) is 0 Å². The molecule has 1 heterocycles. The van der Waals surface area contributed by atoms with Gasteiger partial charge in [-0.3, -0.25) is 4.98 Å². The van der Waals surface area contributed by atoms with E-state index in [1.54, 1.807) is 6.20 Å². The van der Waals surface area contributed by atoms with Crippen LogP contribution in [0.25, 0.3) is 0 Å². The lowest BCUT2D eigenvalue weighted by Crippen LogP contribution is -2.26. The van der Waals surface area contributed by atoms with Gasteiger partial charge in [-0.05, 0) is 18.6 Å². The van der Waals surface area contributed by atoms with Gasteiger partial charge in [-0.1, -0.05) is 6.07 Å². The van der Waals surface area contributed by atoms with Gasteiger partial charge in [-0.25, -0.2) is 0 Å². The number of halogens is 1. The van der Waals surface area contributed by atoms with Crippen LogP contribution in [0.5, 0.6) is 0 Å². The van der Waals surface area contributed by atoms with Gasteiger partial charge in [0.15, 0.2) is 0 Å². The highest BCUT2D eigenvalue weighted by molar-refractivity contribution is 6.18. The number of hydrogen-bond donors (Lipinski definition) is 1. The van der Waals surface area contributed by atoms with Gasteiger partial charge in [0.05, 0.1) is 0 Å². The van der Waals surface area contributed by atoms with E-state index in [-0.39, 0.29) is 0 Å². The molecule has 1 atom stereocenters. The summed E-state index contributed by atoms with van der Waals surface area (Å²) in [5.74, 6) is 0.639. The van der Waals surface area contributed by atoms with Crippen molar-refractivity contribution in [3.05, 3.63) is 30.1 Å². The molecule has 0 bridgehead atoms. The molecule has 1 unspecified atom stereocenters. The summed E-state index contributed by atoms with van der Waals surface area (Å²) in [5.41, 5.74) is 1.19. The molecule has 3 heteroatoms. The van der Waals surface area contributed by atoms with Crippen molar-refractivity contribution in [2.24, 2.45) is 0 Å². The van der Waals surface area contributed by atoms with Crippen molar-refractivity contribution in [1.29, 1.82) is 0 Å². The molecule has 0 fully saturated rings. The highest BCUT2D eigenvalue weighted by Gasteiger charge is 1.97. The topological polar surface area (TPSA) is 24.9 Å². The molecule has 0 saturated heterocycles. The number of nitrogens with zero attached hydrogens (tertiary/aromatic N) is 1. The van der Waals surface area contributed by atoms with E-state index in [1.807, 2.05) is 18.3 Å². The second kappa shape index (κ2) is 5.12. The summed E-state index contributed by atoms with van der Waals surface area (Å²) in [5, 5.41) is 3.28. The zero-order valence-corrected chi connectivity index (χ0v) is 7.88. The van der Waals surface area contributed by atoms with Crippen LogP contribution in [0.2, 0.25) is 0 Å². The van der Waals surface area contributed by atoms with Crippen LogP contribution in [0.15, 0.2) is 24.5 Å². The highest BCUT2D eigenvalue weighted by atomic mass is 35.5. The summed E-state index contributed by atoms with van der Waals surface area (Å²) in [7, 11) is 0. The zero-order valence-electron chi connectivity index (χ0n) is 7.13. The Hall–Kier alpha value is -0.600. The molecule has 66 valence electrons. The molecule has 1 aromatic rings. The molecule has 0 spiro atoms. The Balaban J connectivity index is 2.33. The zero-order chi connectivity index (χ0) is 8.81. The van der Waals surface area contributed by atoms with Crippen molar-refractivity contribution in [1.82, 2.24) is 10.3 Å². The van der Waals surface area contributed by atoms with Gasteiger partial charge in [-0.15, -0.1) is 11.6 Å². The van der Waals surface area contributed by atoms with Crippen LogP contribution in [0.4, 0.5) is 0 Å². The Labute approximate surface area is 78.0 Å². The van der Waals surface area contributed by atoms with Crippen molar-refractivity contribution in [2.45, 2.75) is 19.5 Å². The fraction of sp³-hybridized carbons (Fsp3) is 0.444. The van der Waals surface area contributed by atoms with E-state index in [4.69, 9.17) is 11.6 Å². The van der Waals surface area contributed by atoms with Crippen LogP contribution in [0.3, 0.4) is 0 Å².